The van der Waals surface area contributed by atoms with E-state index in [4.69, 9.17) is 4.74 Å². The summed E-state index contributed by atoms with van der Waals surface area (Å²) in [6, 6.07) is 8.06. The lowest BCUT2D eigenvalue weighted by Gasteiger charge is -2.25. The second kappa shape index (κ2) is 7.29. The van der Waals surface area contributed by atoms with Gasteiger partial charge in [0.25, 0.3) is 0 Å². The maximum Gasteiger partial charge on any atom is 0.309 e. The molecule has 0 aliphatic heterocycles. The van der Waals surface area contributed by atoms with Crippen molar-refractivity contribution in [3.05, 3.63) is 35.4 Å². The number of carbonyl (C=O) groups excluding carboxylic acids is 1. The lowest BCUT2D eigenvalue weighted by atomic mass is 9.83. The number of methoxy groups -OCH3 is 1. The van der Waals surface area contributed by atoms with Crippen LogP contribution in [0.1, 0.15) is 36.8 Å². The van der Waals surface area contributed by atoms with Crippen LogP contribution < -0.4 is 5.32 Å². The highest BCUT2D eigenvalue weighted by Gasteiger charge is 2.16. The second-order valence-electron chi connectivity index (χ2n) is 5.28. The van der Waals surface area contributed by atoms with E-state index in [0.29, 0.717) is 6.42 Å². The Balaban J connectivity index is 1.79. The summed E-state index contributed by atoms with van der Waals surface area (Å²) in [7, 11) is 1.43. The Morgan fingerprint density at radius 1 is 1.32 bits per heavy atom. The van der Waals surface area contributed by atoms with E-state index < -0.39 is 0 Å². The summed E-state index contributed by atoms with van der Waals surface area (Å²) in [4.78, 5) is 11.4. The van der Waals surface area contributed by atoms with Gasteiger partial charge in [-0.3, -0.25) is 4.79 Å². The Morgan fingerprint density at radius 2 is 2.05 bits per heavy atom. The molecule has 0 spiro atoms. The average Bonchev–Trinajstić information content (AvgIpc) is 2.38. The van der Waals surface area contributed by atoms with Crippen LogP contribution in [-0.4, -0.2) is 19.6 Å². The summed E-state index contributed by atoms with van der Waals surface area (Å²) < 4.78 is 4.73. The van der Waals surface area contributed by atoms with Gasteiger partial charge < -0.3 is 10.1 Å². The lowest BCUT2D eigenvalue weighted by Crippen LogP contribution is -2.21. The summed E-state index contributed by atoms with van der Waals surface area (Å²) in [5.41, 5.74) is 2.26. The Bertz CT molecular complexity index is 413. The quantitative estimate of drug-likeness (QED) is 0.606. The van der Waals surface area contributed by atoms with Crippen LogP contribution in [-0.2, 0) is 22.5 Å². The van der Waals surface area contributed by atoms with Crippen LogP contribution in [0.2, 0.25) is 0 Å². The molecule has 1 aromatic carbocycles. The molecule has 1 N–H and O–H groups in total. The number of hydrogen-bond donors (Lipinski definition) is 1. The van der Waals surface area contributed by atoms with E-state index in [0.717, 1.165) is 24.6 Å². The van der Waals surface area contributed by atoms with Crippen molar-refractivity contribution in [2.45, 2.75) is 38.6 Å². The van der Waals surface area contributed by atoms with Crippen molar-refractivity contribution in [1.29, 1.82) is 0 Å². The zero-order valence-electron chi connectivity index (χ0n) is 11.7. The first-order valence-corrected chi connectivity index (χ1v) is 7.14. The molecule has 0 unspecified atom stereocenters. The molecule has 19 heavy (non-hydrogen) atoms. The molecule has 104 valence electrons. The molecule has 1 fully saturated rings. The number of hydrogen-bond acceptors (Lipinski definition) is 3. The fourth-order valence-corrected chi connectivity index (χ4v) is 2.44. The zero-order chi connectivity index (χ0) is 13.5. The number of carbonyl (C=O) groups is 1. The van der Waals surface area contributed by atoms with Gasteiger partial charge in [0.15, 0.2) is 0 Å². The van der Waals surface area contributed by atoms with Crippen LogP contribution in [0, 0.1) is 5.92 Å². The minimum absolute atomic E-state index is 0.179. The molecule has 1 aliphatic carbocycles. The monoisotopic (exact) mass is 261 g/mol. The highest BCUT2D eigenvalue weighted by Crippen LogP contribution is 2.28. The van der Waals surface area contributed by atoms with Gasteiger partial charge in [-0.25, -0.2) is 0 Å². The van der Waals surface area contributed by atoms with Crippen LogP contribution in [0.15, 0.2) is 24.3 Å². The second-order valence-corrected chi connectivity index (χ2v) is 5.28. The molecule has 0 amide bonds. The first-order chi connectivity index (χ1) is 9.29. The van der Waals surface area contributed by atoms with Crippen molar-refractivity contribution in [1.82, 2.24) is 5.32 Å². The van der Waals surface area contributed by atoms with E-state index in [2.05, 4.69) is 11.4 Å². The third kappa shape index (κ3) is 4.35. The van der Waals surface area contributed by atoms with Gasteiger partial charge in [-0.1, -0.05) is 43.5 Å². The van der Waals surface area contributed by atoms with Gasteiger partial charge in [-0.15, -0.1) is 0 Å². The zero-order valence-corrected chi connectivity index (χ0v) is 11.7. The number of nitrogens with one attached hydrogen (secondary N) is 1. The Kier molecular flexibility index (Phi) is 5.40. The van der Waals surface area contributed by atoms with Crippen molar-refractivity contribution in [2.75, 3.05) is 13.7 Å². The lowest BCUT2D eigenvalue weighted by molar-refractivity contribution is -0.139. The molecule has 3 heteroatoms. The molecular weight excluding hydrogens is 238 g/mol. The van der Waals surface area contributed by atoms with Crippen molar-refractivity contribution in [3.8, 4) is 0 Å². The molecule has 0 atom stereocenters. The number of ether oxygens (including phenoxy) is 1. The standard InChI is InChI=1S/C16H23NO2/c1-19-16(18)11-14-7-2-3-8-15(14)12-17-10-9-13-5-4-6-13/h2-3,7-8,13,17H,4-6,9-12H2,1H3. The molecule has 3 nitrogen and oxygen atoms in total. The number of benzene rings is 1. The first-order valence-electron chi connectivity index (χ1n) is 7.14. The van der Waals surface area contributed by atoms with Gasteiger partial charge in [0.05, 0.1) is 13.5 Å². The van der Waals surface area contributed by atoms with Gasteiger partial charge in [0, 0.05) is 6.54 Å². The molecule has 0 saturated heterocycles. The fraction of sp³-hybridized carbons (Fsp3) is 0.562. The molecular formula is C16H23NO2. The average molecular weight is 261 g/mol. The van der Waals surface area contributed by atoms with Crippen LogP contribution in [0.3, 0.4) is 0 Å². The normalized spacial score (nSPS) is 15.0. The largest absolute Gasteiger partial charge is 0.469 e. The Hall–Kier alpha value is -1.35. The summed E-state index contributed by atoms with van der Waals surface area (Å²) in [5.74, 6) is 0.764. The summed E-state index contributed by atoms with van der Waals surface area (Å²) >= 11 is 0. The summed E-state index contributed by atoms with van der Waals surface area (Å²) in [6.07, 6.45) is 5.85. The summed E-state index contributed by atoms with van der Waals surface area (Å²) in [5, 5.41) is 3.48. The van der Waals surface area contributed by atoms with E-state index >= 15 is 0 Å². The van der Waals surface area contributed by atoms with Crippen molar-refractivity contribution in [3.63, 3.8) is 0 Å². The molecule has 1 saturated carbocycles. The van der Waals surface area contributed by atoms with E-state index in [1.165, 1.54) is 38.4 Å². The van der Waals surface area contributed by atoms with Crippen molar-refractivity contribution < 1.29 is 9.53 Å². The molecule has 1 aliphatic rings. The molecule has 1 aromatic rings. The Morgan fingerprint density at radius 3 is 2.68 bits per heavy atom. The first kappa shape index (κ1) is 14.1. The van der Waals surface area contributed by atoms with Gasteiger partial charge in [-0.05, 0) is 30.0 Å². The maximum atomic E-state index is 11.4. The summed E-state index contributed by atoms with van der Waals surface area (Å²) in [6.45, 7) is 1.90. The minimum atomic E-state index is -0.179. The minimum Gasteiger partial charge on any atom is -0.469 e. The van der Waals surface area contributed by atoms with Gasteiger partial charge in [-0.2, -0.15) is 0 Å². The van der Waals surface area contributed by atoms with E-state index in [1.807, 2.05) is 18.2 Å². The van der Waals surface area contributed by atoms with Crippen LogP contribution in [0.5, 0.6) is 0 Å². The molecule has 0 aromatic heterocycles. The van der Waals surface area contributed by atoms with E-state index in [-0.39, 0.29) is 5.97 Å². The van der Waals surface area contributed by atoms with Gasteiger partial charge in [0.1, 0.15) is 0 Å². The van der Waals surface area contributed by atoms with E-state index in [9.17, 15) is 4.79 Å². The highest BCUT2D eigenvalue weighted by atomic mass is 16.5. The van der Waals surface area contributed by atoms with Gasteiger partial charge >= 0.3 is 5.97 Å². The molecule has 0 heterocycles. The predicted molar refractivity (Wildman–Crippen MR) is 75.8 cm³/mol. The number of rotatable bonds is 7. The van der Waals surface area contributed by atoms with Gasteiger partial charge in [0.2, 0.25) is 0 Å². The van der Waals surface area contributed by atoms with Crippen LogP contribution in [0.4, 0.5) is 0 Å². The SMILES string of the molecule is COC(=O)Cc1ccccc1CNCCC1CCC1. The molecule has 0 bridgehead atoms. The highest BCUT2D eigenvalue weighted by molar-refractivity contribution is 5.72. The number of esters is 1. The smallest absolute Gasteiger partial charge is 0.309 e. The molecule has 0 radical (unpaired) electrons. The van der Waals surface area contributed by atoms with Crippen molar-refractivity contribution >= 4 is 5.97 Å². The predicted octanol–water partition coefficient (Wildman–Crippen LogP) is 2.68. The third-order valence-electron chi connectivity index (χ3n) is 3.95. The Labute approximate surface area is 115 Å². The van der Waals surface area contributed by atoms with Crippen molar-refractivity contribution in [2.24, 2.45) is 5.92 Å². The van der Waals surface area contributed by atoms with Crippen LogP contribution in [0.25, 0.3) is 0 Å². The van der Waals surface area contributed by atoms with Crippen LogP contribution >= 0.6 is 0 Å². The van der Waals surface area contributed by atoms with E-state index in [1.54, 1.807) is 0 Å². The maximum absolute atomic E-state index is 11.4. The molecule has 2 rings (SSSR count). The topological polar surface area (TPSA) is 38.3 Å². The fourth-order valence-electron chi connectivity index (χ4n) is 2.44. The third-order valence-corrected chi connectivity index (χ3v) is 3.95.